The lowest BCUT2D eigenvalue weighted by molar-refractivity contribution is -0.131. The van der Waals surface area contributed by atoms with Crippen LogP contribution in [0, 0.1) is 11.7 Å². The van der Waals surface area contributed by atoms with Gasteiger partial charge in [-0.15, -0.1) is 23.2 Å². The van der Waals surface area contributed by atoms with Crippen molar-refractivity contribution in [2.75, 3.05) is 20.2 Å². The summed E-state index contributed by atoms with van der Waals surface area (Å²) in [6.07, 6.45) is 0.498. The second-order valence-corrected chi connectivity index (χ2v) is 6.12. The molecule has 0 radical (unpaired) electrons. The highest BCUT2D eigenvalue weighted by Crippen LogP contribution is 2.53. The van der Waals surface area contributed by atoms with Gasteiger partial charge < -0.3 is 9.64 Å². The van der Waals surface area contributed by atoms with Crippen molar-refractivity contribution in [2.45, 2.75) is 10.8 Å². The van der Waals surface area contributed by atoms with E-state index in [0.29, 0.717) is 25.3 Å². The van der Waals surface area contributed by atoms with Gasteiger partial charge in [-0.05, 0) is 30.7 Å². The molecule has 19 heavy (non-hydrogen) atoms. The minimum Gasteiger partial charge on any atom is -0.492 e. The van der Waals surface area contributed by atoms with Gasteiger partial charge in [0.25, 0.3) is 0 Å². The topological polar surface area (TPSA) is 29.5 Å². The quantitative estimate of drug-likeness (QED) is 0.783. The van der Waals surface area contributed by atoms with E-state index < -0.39 is 4.33 Å². The van der Waals surface area contributed by atoms with Crippen LogP contribution in [0.2, 0.25) is 0 Å². The van der Waals surface area contributed by atoms with Crippen molar-refractivity contribution >= 4 is 29.1 Å². The molecule has 1 unspecified atom stereocenters. The molecule has 6 heteroatoms. The molecule has 1 fully saturated rings. The summed E-state index contributed by atoms with van der Waals surface area (Å²) >= 11 is 11.7. The third-order valence-corrected chi connectivity index (χ3v) is 3.84. The fourth-order valence-corrected chi connectivity index (χ4v) is 2.18. The summed E-state index contributed by atoms with van der Waals surface area (Å²) in [5.74, 6) is -0.133. The van der Waals surface area contributed by atoms with E-state index >= 15 is 0 Å². The molecule has 0 bridgehead atoms. The highest BCUT2D eigenvalue weighted by molar-refractivity contribution is 6.52. The predicted octanol–water partition coefficient (Wildman–Crippen LogP) is 2.86. The van der Waals surface area contributed by atoms with Crippen LogP contribution in [-0.2, 0) is 4.79 Å². The van der Waals surface area contributed by atoms with Crippen molar-refractivity contribution in [1.82, 2.24) is 4.90 Å². The van der Waals surface area contributed by atoms with Crippen LogP contribution in [0.4, 0.5) is 4.39 Å². The molecule has 1 aliphatic rings. The molecule has 1 amide bonds. The van der Waals surface area contributed by atoms with Gasteiger partial charge in [0, 0.05) is 7.05 Å². The molecule has 0 aromatic heterocycles. The van der Waals surface area contributed by atoms with Crippen LogP contribution >= 0.6 is 23.2 Å². The first-order chi connectivity index (χ1) is 8.90. The molecule has 1 saturated carbocycles. The zero-order valence-corrected chi connectivity index (χ0v) is 11.9. The average molecular weight is 306 g/mol. The number of rotatable bonds is 5. The highest BCUT2D eigenvalue weighted by atomic mass is 35.5. The van der Waals surface area contributed by atoms with Crippen LogP contribution in [-0.4, -0.2) is 35.3 Å². The Balaban J connectivity index is 1.73. The number of carbonyl (C=O) groups is 1. The lowest BCUT2D eigenvalue weighted by atomic mass is 10.3. The molecule has 0 aliphatic heterocycles. The van der Waals surface area contributed by atoms with E-state index in [1.54, 1.807) is 24.1 Å². The molecule has 1 aromatic rings. The molecule has 0 heterocycles. The van der Waals surface area contributed by atoms with Crippen LogP contribution < -0.4 is 4.74 Å². The fraction of sp³-hybridized carbons (Fsp3) is 0.462. The van der Waals surface area contributed by atoms with Crippen LogP contribution in [0.1, 0.15) is 6.42 Å². The predicted molar refractivity (Wildman–Crippen MR) is 72.1 cm³/mol. The maximum atomic E-state index is 12.7. The van der Waals surface area contributed by atoms with Crippen LogP contribution in [0.25, 0.3) is 0 Å². The zero-order chi connectivity index (χ0) is 14.0. The van der Waals surface area contributed by atoms with Gasteiger partial charge in [0.1, 0.15) is 22.5 Å². The third-order valence-electron chi connectivity index (χ3n) is 3.01. The first-order valence-corrected chi connectivity index (χ1v) is 6.67. The van der Waals surface area contributed by atoms with Crippen LogP contribution in [0.3, 0.4) is 0 Å². The van der Waals surface area contributed by atoms with E-state index in [0.717, 1.165) is 0 Å². The van der Waals surface area contributed by atoms with Gasteiger partial charge in [-0.2, -0.15) is 0 Å². The molecular weight excluding hydrogens is 292 g/mol. The van der Waals surface area contributed by atoms with Gasteiger partial charge in [0.05, 0.1) is 12.5 Å². The van der Waals surface area contributed by atoms with Crippen LogP contribution in [0.15, 0.2) is 24.3 Å². The monoisotopic (exact) mass is 305 g/mol. The van der Waals surface area contributed by atoms with E-state index in [2.05, 4.69) is 0 Å². The summed E-state index contributed by atoms with van der Waals surface area (Å²) in [5, 5.41) is 0. The molecule has 0 saturated heterocycles. The Morgan fingerprint density at radius 2 is 2.05 bits per heavy atom. The maximum absolute atomic E-state index is 12.7. The number of alkyl halides is 2. The zero-order valence-electron chi connectivity index (χ0n) is 10.4. The lowest BCUT2D eigenvalue weighted by Gasteiger charge is -2.17. The molecule has 1 aromatic carbocycles. The Morgan fingerprint density at radius 1 is 1.47 bits per heavy atom. The van der Waals surface area contributed by atoms with Crippen molar-refractivity contribution in [1.29, 1.82) is 0 Å². The van der Waals surface area contributed by atoms with Gasteiger partial charge in [-0.3, -0.25) is 4.79 Å². The van der Waals surface area contributed by atoms with Gasteiger partial charge in [0.15, 0.2) is 0 Å². The second kappa shape index (κ2) is 5.55. The summed E-state index contributed by atoms with van der Waals surface area (Å²) in [5.41, 5.74) is 0. The maximum Gasteiger partial charge on any atom is 0.228 e. The SMILES string of the molecule is CN(CCOc1ccc(F)cc1)C(=O)C1CC1(Cl)Cl. The smallest absolute Gasteiger partial charge is 0.228 e. The summed E-state index contributed by atoms with van der Waals surface area (Å²) in [6, 6.07) is 5.73. The normalized spacial score (nSPS) is 19.9. The summed E-state index contributed by atoms with van der Waals surface area (Å²) in [4.78, 5) is 13.4. The highest BCUT2D eigenvalue weighted by Gasteiger charge is 2.57. The summed E-state index contributed by atoms with van der Waals surface area (Å²) < 4.78 is 17.2. The fourth-order valence-electron chi connectivity index (χ4n) is 1.69. The number of carbonyl (C=O) groups excluding carboxylic acids is 1. The van der Waals surface area contributed by atoms with Gasteiger partial charge >= 0.3 is 0 Å². The van der Waals surface area contributed by atoms with Gasteiger partial charge in [-0.25, -0.2) is 4.39 Å². The van der Waals surface area contributed by atoms with Crippen LogP contribution in [0.5, 0.6) is 5.75 Å². The minimum absolute atomic E-state index is 0.0762. The van der Waals surface area contributed by atoms with Crippen molar-refractivity contribution < 1.29 is 13.9 Å². The molecule has 1 aliphatic carbocycles. The molecule has 0 spiro atoms. The lowest BCUT2D eigenvalue weighted by Crippen LogP contribution is -2.33. The molecular formula is C13H14Cl2FNO2. The second-order valence-electron chi connectivity index (χ2n) is 4.58. The first kappa shape index (κ1) is 14.4. The Kier molecular flexibility index (Phi) is 4.21. The van der Waals surface area contributed by atoms with Gasteiger partial charge in [0.2, 0.25) is 5.91 Å². The molecule has 104 valence electrons. The van der Waals surface area contributed by atoms with E-state index in [9.17, 15) is 9.18 Å². The van der Waals surface area contributed by atoms with Crippen molar-refractivity contribution in [3.63, 3.8) is 0 Å². The van der Waals surface area contributed by atoms with Crippen molar-refractivity contribution in [3.8, 4) is 5.75 Å². The molecule has 0 N–H and O–H groups in total. The third kappa shape index (κ3) is 3.74. The van der Waals surface area contributed by atoms with E-state index in [1.165, 1.54) is 12.1 Å². The minimum atomic E-state index is -0.900. The Labute approximate surface area is 121 Å². The van der Waals surface area contributed by atoms with E-state index in [-0.39, 0.29) is 17.6 Å². The molecule has 1 atom stereocenters. The van der Waals surface area contributed by atoms with Crippen molar-refractivity contribution in [2.24, 2.45) is 5.92 Å². The number of hydrogen-bond acceptors (Lipinski definition) is 2. The molecule has 3 nitrogen and oxygen atoms in total. The van der Waals surface area contributed by atoms with Crippen molar-refractivity contribution in [3.05, 3.63) is 30.1 Å². The van der Waals surface area contributed by atoms with E-state index in [4.69, 9.17) is 27.9 Å². The Bertz CT molecular complexity index is 464. The average Bonchev–Trinajstić information content (AvgIpc) is 3.00. The number of hydrogen-bond donors (Lipinski definition) is 0. The largest absolute Gasteiger partial charge is 0.492 e. The van der Waals surface area contributed by atoms with Gasteiger partial charge in [-0.1, -0.05) is 0 Å². The number of halogens is 3. The number of nitrogens with zero attached hydrogens (tertiary/aromatic N) is 1. The number of benzene rings is 1. The Morgan fingerprint density at radius 3 is 2.58 bits per heavy atom. The Hall–Kier alpha value is -1.000. The number of likely N-dealkylation sites (N-methyl/N-ethyl adjacent to an activating group) is 1. The summed E-state index contributed by atoms with van der Waals surface area (Å²) in [6.45, 7) is 0.759. The first-order valence-electron chi connectivity index (χ1n) is 5.91. The molecule has 2 rings (SSSR count). The van der Waals surface area contributed by atoms with E-state index in [1.807, 2.05) is 0 Å². The number of amides is 1. The standard InChI is InChI=1S/C13H14Cl2FNO2/c1-17(12(18)11-8-13(11,14)15)6-7-19-10-4-2-9(16)3-5-10/h2-5,11H,6-8H2,1H3. The number of ether oxygens (including phenoxy) is 1. The summed E-state index contributed by atoms with van der Waals surface area (Å²) in [7, 11) is 1.68.